The SMILES string of the molecule is CC/C=C\C/C=C\C/C=C\C/C=C\CCCCC(=O)OCC(COC(=O)CCCCCCCCCCC/C=C\CCCCCCCCCC)OC(=O)CCCCCCCCC/C=C\C/C=C\CCCCCC. The van der Waals surface area contributed by atoms with Gasteiger partial charge in [-0.25, -0.2) is 0 Å². The van der Waals surface area contributed by atoms with Crippen molar-refractivity contribution in [3.8, 4) is 0 Å². The molecule has 0 spiro atoms. The second-order valence-corrected chi connectivity index (χ2v) is 20.2. The van der Waals surface area contributed by atoms with Crippen LogP contribution in [0.5, 0.6) is 0 Å². The van der Waals surface area contributed by atoms with Crippen LogP contribution in [0.1, 0.15) is 297 Å². The normalized spacial score (nSPS) is 12.7. The first-order valence-corrected chi connectivity index (χ1v) is 30.6. The van der Waals surface area contributed by atoms with Crippen LogP contribution < -0.4 is 0 Å². The van der Waals surface area contributed by atoms with Crippen LogP contribution in [0.25, 0.3) is 0 Å². The number of hydrogen-bond acceptors (Lipinski definition) is 6. The van der Waals surface area contributed by atoms with Gasteiger partial charge in [-0.1, -0.05) is 247 Å². The zero-order valence-corrected chi connectivity index (χ0v) is 47.4. The summed E-state index contributed by atoms with van der Waals surface area (Å²) in [5.74, 6) is -0.938. The van der Waals surface area contributed by atoms with Gasteiger partial charge in [-0.15, -0.1) is 0 Å². The quantitative estimate of drug-likeness (QED) is 0.0261. The third-order valence-corrected chi connectivity index (χ3v) is 13.1. The van der Waals surface area contributed by atoms with Crippen LogP contribution in [0.2, 0.25) is 0 Å². The topological polar surface area (TPSA) is 78.9 Å². The number of hydrogen-bond donors (Lipinski definition) is 0. The van der Waals surface area contributed by atoms with Crippen LogP contribution in [0, 0.1) is 0 Å². The summed E-state index contributed by atoms with van der Waals surface area (Å²) in [7, 11) is 0. The lowest BCUT2D eigenvalue weighted by Gasteiger charge is -2.18. The minimum Gasteiger partial charge on any atom is -0.462 e. The van der Waals surface area contributed by atoms with E-state index in [4.69, 9.17) is 14.2 Å². The van der Waals surface area contributed by atoms with Crippen LogP contribution >= 0.6 is 0 Å². The molecule has 72 heavy (non-hydrogen) atoms. The van der Waals surface area contributed by atoms with Gasteiger partial charge in [0.2, 0.25) is 0 Å². The van der Waals surface area contributed by atoms with Crippen molar-refractivity contribution >= 4 is 17.9 Å². The van der Waals surface area contributed by atoms with Gasteiger partial charge in [0.1, 0.15) is 13.2 Å². The monoisotopic (exact) mass is 1000 g/mol. The summed E-state index contributed by atoms with van der Waals surface area (Å²) in [6, 6.07) is 0. The molecule has 0 aromatic heterocycles. The maximum Gasteiger partial charge on any atom is 0.306 e. The number of carbonyl (C=O) groups excluding carboxylic acids is 3. The molecule has 0 amide bonds. The molecule has 6 nitrogen and oxygen atoms in total. The minimum absolute atomic E-state index is 0.0935. The maximum absolute atomic E-state index is 12.9. The standard InChI is InChI=1S/C66H114O6/c1-4-7-10-13-16-19-22-25-28-30-32-33-34-36-38-41-44-47-50-53-56-59-65(68)71-62-63(61-70-64(67)58-55-52-49-46-43-40-37-27-24-21-18-15-12-9-6-3)72-66(69)60-57-54-51-48-45-42-39-35-31-29-26-23-20-17-14-11-8-5-2/h9,12,18,20-21,23,27,29-32,37,43,46,63H,4-8,10-11,13-17,19,22,24-26,28,33-36,38-42,44-45,47-62H2,1-3H3/b12-9-,21-18-,23-20-,31-29-,32-30-,37-27-,46-43-. The third kappa shape index (κ3) is 57.5. The van der Waals surface area contributed by atoms with Gasteiger partial charge >= 0.3 is 17.9 Å². The van der Waals surface area contributed by atoms with E-state index in [1.165, 1.54) is 161 Å². The van der Waals surface area contributed by atoms with E-state index in [0.29, 0.717) is 19.3 Å². The van der Waals surface area contributed by atoms with Gasteiger partial charge in [0.25, 0.3) is 0 Å². The highest BCUT2D eigenvalue weighted by molar-refractivity contribution is 5.71. The van der Waals surface area contributed by atoms with Crippen molar-refractivity contribution in [3.63, 3.8) is 0 Å². The summed E-state index contributed by atoms with van der Waals surface area (Å²) in [6.45, 7) is 6.49. The van der Waals surface area contributed by atoms with E-state index in [9.17, 15) is 14.4 Å². The van der Waals surface area contributed by atoms with Gasteiger partial charge in [0, 0.05) is 19.3 Å². The molecule has 0 heterocycles. The largest absolute Gasteiger partial charge is 0.462 e. The van der Waals surface area contributed by atoms with E-state index >= 15 is 0 Å². The Labute approximate surface area is 445 Å². The molecule has 0 radical (unpaired) electrons. The predicted molar refractivity (Wildman–Crippen MR) is 311 cm³/mol. The van der Waals surface area contributed by atoms with Gasteiger partial charge in [0.05, 0.1) is 0 Å². The molecule has 0 rings (SSSR count). The highest BCUT2D eigenvalue weighted by Gasteiger charge is 2.19. The van der Waals surface area contributed by atoms with E-state index in [1.807, 2.05) is 0 Å². The first-order chi connectivity index (χ1) is 35.5. The van der Waals surface area contributed by atoms with Crippen molar-refractivity contribution in [2.75, 3.05) is 13.2 Å². The van der Waals surface area contributed by atoms with Crippen molar-refractivity contribution in [2.24, 2.45) is 0 Å². The number of unbranched alkanes of at least 4 members (excludes halogenated alkanes) is 30. The molecule has 414 valence electrons. The van der Waals surface area contributed by atoms with E-state index in [0.717, 1.165) is 96.3 Å². The van der Waals surface area contributed by atoms with Crippen LogP contribution in [0.3, 0.4) is 0 Å². The van der Waals surface area contributed by atoms with Crippen LogP contribution in [0.4, 0.5) is 0 Å². The highest BCUT2D eigenvalue weighted by atomic mass is 16.6. The fourth-order valence-electron chi connectivity index (χ4n) is 8.52. The number of rotatable bonds is 55. The Balaban J connectivity index is 4.41. The molecule has 0 aliphatic rings. The maximum atomic E-state index is 12.9. The van der Waals surface area contributed by atoms with Crippen molar-refractivity contribution in [2.45, 2.75) is 303 Å². The Hall–Kier alpha value is -3.41. The lowest BCUT2D eigenvalue weighted by atomic mass is 10.1. The summed E-state index contributed by atoms with van der Waals surface area (Å²) in [4.78, 5) is 38.2. The fourth-order valence-corrected chi connectivity index (χ4v) is 8.52. The van der Waals surface area contributed by atoms with Crippen molar-refractivity contribution < 1.29 is 28.6 Å². The van der Waals surface area contributed by atoms with Gasteiger partial charge in [-0.2, -0.15) is 0 Å². The second kappa shape index (κ2) is 60.1. The Morgan fingerprint density at radius 1 is 0.292 bits per heavy atom. The molecule has 0 N–H and O–H groups in total. The van der Waals surface area contributed by atoms with E-state index in [-0.39, 0.29) is 31.1 Å². The first kappa shape index (κ1) is 68.6. The molecule has 0 aromatic rings. The summed E-state index contributed by atoms with van der Waals surface area (Å²) < 4.78 is 16.9. The predicted octanol–water partition coefficient (Wildman–Crippen LogP) is 20.7. The average Bonchev–Trinajstić information content (AvgIpc) is 3.38. The summed E-state index contributed by atoms with van der Waals surface area (Å²) in [6.07, 6.45) is 78.7. The van der Waals surface area contributed by atoms with Crippen LogP contribution in [-0.4, -0.2) is 37.2 Å². The Morgan fingerprint density at radius 3 is 0.903 bits per heavy atom. The van der Waals surface area contributed by atoms with Crippen LogP contribution in [-0.2, 0) is 28.6 Å². The summed E-state index contributed by atoms with van der Waals surface area (Å²) in [5.41, 5.74) is 0. The summed E-state index contributed by atoms with van der Waals surface area (Å²) >= 11 is 0. The number of esters is 3. The molecule has 0 bridgehead atoms. The molecule has 0 saturated heterocycles. The second-order valence-electron chi connectivity index (χ2n) is 20.2. The molecule has 0 fully saturated rings. The molecule has 0 aromatic carbocycles. The molecular formula is C66H114O6. The van der Waals surface area contributed by atoms with Crippen molar-refractivity contribution in [1.29, 1.82) is 0 Å². The molecule has 6 heteroatoms. The first-order valence-electron chi connectivity index (χ1n) is 30.6. The molecular weight excluding hydrogens is 889 g/mol. The molecule has 0 saturated carbocycles. The smallest absolute Gasteiger partial charge is 0.306 e. The number of ether oxygens (including phenoxy) is 3. The van der Waals surface area contributed by atoms with E-state index in [2.05, 4.69) is 106 Å². The fraction of sp³-hybridized carbons (Fsp3) is 0.742. The van der Waals surface area contributed by atoms with E-state index in [1.54, 1.807) is 0 Å². The lowest BCUT2D eigenvalue weighted by molar-refractivity contribution is -0.167. The van der Waals surface area contributed by atoms with Crippen LogP contribution in [0.15, 0.2) is 85.1 Å². The Kier molecular flexibility index (Phi) is 57.3. The lowest BCUT2D eigenvalue weighted by Crippen LogP contribution is -2.30. The molecule has 1 unspecified atom stereocenters. The Morgan fingerprint density at radius 2 is 0.542 bits per heavy atom. The zero-order chi connectivity index (χ0) is 52.2. The van der Waals surface area contributed by atoms with Crippen molar-refractivity contribution in [3.05, 3.63) is 85.1 Å². The number of allylic oxidation sites excluding steroid dienone is 14. The number of carbonyl (C=O) groups is 3. The zero-order valence-electron chi connectivity index (χ0n) is 47.4. The summed E-state index contributed by atoms with van der Waals surface area (Å²) in [5, 5.41) is 0. The molecule has 0 aliphatic carbocycles. The minimum atomic E-state index is -0.800. The van der Waals surface area contributed by atoms with Gasteiger partial charge < -0.3 is 14.2 Å². The molecule has 1 atom stereocenters. The van der Waals surface area contributed by atoms with Crippen molar-refractivity contribution in [1.82, 2.24) is 0 Å². The van der Waals surface area contributed by atoms with Gasteiger partial charge in [0.15, 0.2) is 6.10 Å². The van der Waals surface area contributed by atoms with Gasteiger partial charge in [-0.05, 0) is 116 Å². The van der Waals surface area contributed by atoms with Gasteiger partial charge in [-0.3, -0.25) is 14.4 Å². The Bertz CT molecular complexity index is 1380. The average molecular weight is 1000 g/mol. The third-order valence-electron chi connectivity index (χ3n) is 13.1. The highest BCUT2D eigenvalue weighted by Crippen LogP contribution is 2.15. The molecule has 0 aliphatic heterocycles. The van der Waals surface area contributed by atoms with E-state index < -0.39 is 6.10 Å².